The van der Waals surface area contributed by atoms with Gasteiger partial charge in [-0.2, -0.15) is 0 Å². The maximum absolute atomic E-state index is 14.0. The van der Waals surface area contributed by atoms with E-state index in [9.17, 15) is 14.0 Å². The number of nitrogens with zero attached hydrogens (tertiary/aromatic N) is 3. The molecule has 8 heteroatoms. The summed E-state index contributed by atoms with van der Waals surface area (Å²) in [5, 5.41) is 8.90. The van der Waals surface area contributed by atoms with Gasteiger partial charge in [-0.05, 0) is 33.6 Å². The summed E-state index contributed by atoms with van der Waals surface area (Å²) < 4.78 is 19.4. The molecule has 2 aliphatic rings. The van der Waals surface area contributed by atoms with Gasteiger partial charge in [0.15, 0.2) is 11.5 Å². The quantitative estimate of drug-likeness (QED) is 0.881. The number of hydrogen-bond acceptors (Lipinski definition) is 5. The highest BCUT2D eigenvalue weighted by molar-refractivity contribution is 5.86. The number of ether oxygens (including phenoxy) is 1. The average Bonchev–Trinajstić information content (AvgIpc) is 2.74. The van der Waals surface area contributed by atoms with Crippen molar-refractivity contribution in [3.63, 3.8) is 0 Å². The first-order valence-electron chi connectivity index (χ1n) is 8.31. The first-order chi connectivity index (χ1) is 11.7. The van der Waals surface area contributed by atoms with Gasteiger partial charge >= 0.3 is 12.1 Å². The number of carbonyl (C=O) groups excluding carboxylic acids is 1. The minimum absolute atomic E-state index is 0.0446. The number of carboxylic acids is 1. The maximum atomic E-state index is 14.0. The van der Waals surface area contributed by atoms with Crippen LogP contribution in [0.4, 0.5) is 14.9 Å². The van der Waals surface area contributed by atoms with E-state index in [1.807, 2.05) is 25.7 Å². The molecule has 2 unspecified atom stereocenters. The predicted molar refractivity (Wildman–Crippen MR) is 88.3 cm³/mol. The highest BCUT2D eigenvalue weighted by Crippen LogP contribution is 2.35. The molecule has 1 amide bonds. The molecule has 3 heterocycles. The molecule has 2 aliphatic heterocycles. The summed E-state index contributed by atoms with van der Waals surface area (Å²) in [5.41, 5.74) is -0.574. The van der Waals surface area contributed by atoms with Gasteiger partial charge in [-0.3, -0.25) is 0 Å². The zero-order valence-electron chi connectivity index (χ0n) is 14.5. The van der Waals surface area contributed by atoms with Crippen LogP contribution in [0.3, 0.4) is 0 Å². The highest BCUT2D eigenvalue weighted by Gasteiger charge is 2.42. The van der Waals surface area contributed by atoms with Crippen molar-refractivity contribution < 1.29 is 23.8 Å². The van der Waals surface area contributed by atoms with E-state index < -0.39 is 23.1 Å². The molecule has 2 fully saturated rings. The summed E-state index contributed by atoms with van der Waals surface area (Å²) in [5.74, 6) is -2.24. The second kappa shape index (κ2) is 6.16. The molecule has 0 radical (unpaired) electrons. The molecular formula is C17H22FN3O4. The van der Waals surface area contributed by atoms with Crippen molar-refractivity contribution in [2.45, 2.75) is 51.3 Å². The lowest BCUT2D eigenvalue weighted by Crippen LogP contribution is -2.56. The van der Waals surface area contributed by atoms with Crippen molar-refractivity contribution in [1.82, 2.24) is 9.88 Å². The van der Waals surface area contributed by atoms with Crippen LogP contribution in [0.1, 0.15) is 44.1 Å². The van der Waals surface area contributed by atoms with Crippen LogP contribution in [-0.4, -0.2) is 57.8 Å². The number of amides is 1. The van der Waals surface area contributed by atoms with Crippen LogP contribution in [0.25, 0.3) is 0 Å². The molecule has 1 aromatic rings. The van der Waals surface area contributed by atoms with Crippen LogP contribution >= 0.6 is 0 Å². The minimum Gasteiger partial charge on any atom is -0.476 e. The molecule has 2 atom stereocenters. The van der Waals surface area contributed by atoms with E-state index in [1.165, 1.54) is 12.3 Å². The number of likely N-dealkylation sites (tertiary alicyclic amines) is 1. The zero-order valence-corrected chi connectivity index (χ0v) is 14.5. The van der Waals surface area contributed by atoms with Crippen LogP contribution in [-0.2, 0) is 4.74 Å². The number of anilines is 1. The van der Waals surface area contributed by atoms with Gasteiger partial charge in [0.1, 0.15) is 5.60 Å². The monoisotopic (exact) mass is 351 g/mol. The fourth-order valence-electron chi connectivity index (χ4n) is 3.53. The number of carbonyl (C=O) groups is 2. The number of fused-ring (bicyclic) bond motifs is 2. The van der Waals surface area contributed by atoms with Gasteiger partial charge in [0.25, 0.3) is 0 Å². The molecule has 0 aromatic carbocycles. The SMILES string of the molecule is CC(C)(C)OC(=O)N1CC2CCC(C1)N2c1cnc(C(=O)O)c(F)c1. The number of aromatic carboxylic acids is 1. The Hall–Kier alpha value is -2.38. The molecule has 136 valence electrons. The van der Waals surface area contributed by atoms with Crippen LogP contribution in [0.2, 0.25) is 0 Å². The second-order valence-electron chi connectivity index (χ2n) is 7.51. The predicted octanol–water partition coefficient (Wildman–Crippen LogP) is 2.51. The topological polar surface area (TPSA) is 83.0 Å². The van der Waals surface area contributed by atoms with Crippen molar-refractivity contribution in [3.8, 4) is 0 Å². The Morgan fingerprint density at radius 3 is 2.36 bits per heavy atom. The molecule has 2 saturated heterocycles. The average molecular weight is 351 g/mol. The maximum Gasteiger partial charge on any atom is 0.410 e. The number of carboxylic acid groups (broad SMARTS) is 1. The van der Waals surface area contributed by atoms with E-state index in [-0.39, 0.29) is 18.2 Å². The molecule has 1 aromatic heterocycles. The normalized spacial score (nSPS) is 22.9. The molecule has 0 spiro atoms. The summed E-state index contributed by atoms with van der Waals surface area (Å²) >= 11 is 0. The Balaban J connectivity index is 1.76. The lowest BCUT2D eigenvalue weighted by molar-refractivity contribution is 0.0209. The van der Waals surface area contributed by atoms with Gasteiger partial charge in [-0.25, -0.2) is 19.0 Å². The van der Waals surface area contributed by atoms with Crippen LogP contribution in [0.15, 0.2) is 12.3 Å². The highest BCUT2D eigenvalue weighted by atomic mass is 19.1. The molecule has 0 saturated carbocycles. The van der Waals surface area contributed by atoms with Gasteiger partial charge < -0.3 is 19.6 Å². The Morgan fingerprint density at radius 1 is 1.28 bits per heavy atom. The van der Waals surface area contributed by atoms with E-state index in [0.29, 0.717) is 18.8 Å². The first-order valence-corrected chi connectivity index (χ1v) is 8.31. The largest absolute Gasteiger partial charge is 0.476 e. The molecule has 25 heavy (non-hydrogen) atoms. The minimum atomic E-state index is -1.39. The number of halogens is 1. The third-order valence-corrected chi connectivity index (χ3v) is 4.46. The Morgan fingerprint density at radius 2 is 1.88 bits per heavy atom. The van der Waals surface area contributed by atoms with Crippen LogP contribution in [0, 0.1) is 5.82 Å². The van der Waals surface area contributed by atoms with Gasteiger partial charge in [0, 0.05) is 31.2 Å². The molecule has 7 nitrogen and oxygen atoms in total. The Bertz CT molecular complexity index is 690. The third-order valence-electron chi connectivity index (χ3n) is 4.46. The van der Waals surface area contributed by atoms with Crippen LogP contribution in [0.5, 0.6) is 0 Å². The summed E-state index contributed by atoms with van der Waals surface area (Å²) in [6.45, 7) is 6.47. The van der Waals surface area contributed by atoms with Gasteiger partial charge in [-0.1, -0.05) is 0 Å². The molecule has 2 bridgehead atoms. The fourth-order valence-corrected chi connectivity index (χ4v) is 3.53. The third kappa shape index (κ3) is 3.52. The van der Waals surface area contributed by atoms with E-state index in [2.05, 4.69) is 4.98 Å². The van der Waals surface area contributed by atoms with Crippen molar-refractivity contribution in [2.75, 3.05) is 18.0 Å². The molecule has 1 N–H and O–H groups in total. The van der Waals surface area contributed by atoms with Crippen molar-refractivity contribution in [2.24, 2.45) is 0 Å². The van der Waals surface area contributed by atoms with Gasteiger partial charge in [0.2, 0.25) is 0 Å². The summed E-state index contributed by atoms with van der Waals surface area (Å²) in [7, 11) is 0. The van der Waals surface area contributed by atoms with E-state index in [0.717, 1.165) is 12.8 Å². The van der Waals surface area contributed by atoms with Gasteiger partial charge in [-0.15, -0.1) is 0 Å². The van der Waals surface area contributed by atoms with E-state index in [1.54, 1.807) is 4.90 Å². The van der Waals surface area contributed by atoms with Crippen LogP contribution < -0.4 is 4.90 Å². The lowest BCUT2D eigenvalue weighted by atomic mass is 10.1. The number of piperazine rings is 1. The fraction of sp³-hybridized carbons (Fsp3) is 0.588. The van der Waals surface area contributed by atoms with E-state index in [4.69, 9.17) is 9.84 Å². The molecular weight excluding hydrogens is 329 g/mol. The number of aromatic nitrogens is 1. The standard InChI is InChI=1S/C17H22FN3O4/c1-17(2,3)25-16(24)20-8-10-4-5-11(9-20)21(10)12-6-13(18)14(15(22)23)19-7-12/h6-7,10-11H,4-5,8-9H2,1-3H3,(H,22,23). The molecule has 0 aliphatic carbocycles. The summed E-state index contributed by atoms with van der Waals surface area (Å²) in [6, 6.07) is 1.30. The first kappa shape index (κ1) is 17.4. The summed E-state index contributed by atoms with van der Waals surface area (Å²) in [4.78, 5) is 30.7. The number of rotatable bonds is 2. The zero-order chi connectivity index (χ0) is 18.4. The van der Waals surface area contributed by atoms with Gasteiger partial charge in [0.05, 0.1) is 11.9 Å². The summed E-state index contributed by atoms with van der Waals surface area (Å²) in [6.07, 6.45) is 2.81. The Kier molecular flexibility index (Phi) is 4.30. The number of hydrogen-bond donors (Lipinski definition) is 1. The molecule has 3 rings (SSSR count). The second-order valence-corrected chi connectivity index (χ2v) is 7.51. The Labute approximate surface area is 145 Å². The van der Waals surface area contributed by atoms with Crippen molar-refractivity contribution in [3.05, 3.63) is 23.8 Å². The van der Waals surface area contributed by atoms with Crippen molar-refractivity contribution in [1.29, 1.82) is 0 Å². The lowest BCUT2D eigenvalue weighted by Gasteiger charge is -2.42. The van der Waals surface area contributed by atoms with Crippen molar-refractivity contribution >= 4 is 17.7 Å². The van der Waals surface area contributed by atoms with E-state index >= 15 is 0 Å². The number of pyridine rings is 1. The smallest absolute Gasteiger partial charge is 0.410 e.